The summed E-state index contributed by atoms with van der Waals surface area (Å²) in [6.07, 6.45) is -1.05. The average molecular weight is 188 g/mol. The summed E-state index contributed by atoms with van der Waals surface area (Å²) in [5, 5.41) is 16.7. The fraction of sp³-hybridized carbons (Fsp3) is 0.400. The van der Waals surface area contributed by atoms with E-state index in [0.717, 1.165) is 0 Å². The number of primary amides is 1. The van der Waals surface area contributed by atoms with Gasteiger partial charge in [0, 0.05) is 0 Å². The Labute approximate surface area is 72.8 Å². The van der Waals surface area contributed by atoms with Crippen LogP contribution < -0.4 is 20.7 Å². The SMILES string of the molecule is CNCc1c(OC(N)=O)no[n+]1[O-]. The van der Waals surface area contributed by atoms with Gasteiger partial charge in [0.25, 0.3) is 5.69 Å². The molecular weight excluding hydrogens is 180 g/mol. The second-order valence-corrected chi connectivity index (χ2v) is 2.13. The number of nitrogens with zero attached hydrogens (tertiary/aromatic N) is 2. The molecule has 0 saturated carbocycles. The van der Waals surface area contributed by atoms with Crippen molar-refractivity contribution in [3.63, 3.8) is 0 Å². The van der Waals surface area contributed by atoms with Gasteiger partial charge in [-0.1, -0.05) is 0 Å². The lowest BCUT2D eigenvalue weighted by Crippen LogP contribution is -2.31. The van der Waals surface area contributed by atoms with E-state index in [0.29, 0.717) is 0 Å². The van der Waals surface area contributed by atoms with Crippen LogP contribution in [0, 0.1) is 5.21 Å². The Kier molecular flexibility index (Phi) is 2.65. The van der Waals surface area contributed by atoms with E-state index < -0.39 is 6.09 Å². The molecule has 0 spiro atoms. The molecule has 8 heteroatoms. The lowest BCUT2D eigenvalue weighted by Gasteiger charge is -1.95. The topological polar surface area (TPSA) is 117 Å². The summed E-state index contributed by atoms with van der Waals surface area (Å²) in [5.74, 6) is -0.225. The van der Waals surface area contributed by atoms with E-state index >= 15 is 0 Å². The van der Waals surface area contributed by atoms with Gasteiger partial charge in [-0.15, -0.1) is 0 Å². The maximum absolute atomic E-state index is 10.8. The van der Waals surface area contributed by atoms with Crippen LogP contribution >= 0.6 is 0 Å². The number of rotatable bonds is 3. The zero-order valence-corrected chi connectivity index (χ0v) is 6.81. The normalized spacial score (nSPS) is 9.92. The van der Waals surface area contributed by atoms with Gasteiger partial charge in [0.2, 0.25) is 0 Å². The predicted molar refractivity (Wildman–Crippen MR) is 38.4 cm³/mol. The van der Waals surface area contributed by atoms with Gasteiger partial charge >= 0.3 is 12.0 Å². The first-order valence-corrected chi connectivity index (χ1v) is 3.35. The first-order valence-electron chi connectivity index (χ1n) is 3.35. The van der Waals surface area contributed by atoms with Crippen molar-refractivity contribution in [2.75, 3.05) is 7.05 Å². The third-order valence-electron chi connectivity index (χ3n) is 1.21. The van der Waals surface area contributed by atoms with E-state index in [1.165, 1.54) is 0 Å². The smallest absolute Gasteiger partial charge is 0.366 e. The van der Waals surface area contributed by atoms with Gasteiger partial charge in [-0.2, -0.15) is 0 Å². The molecule has 0 aliphatic carbocycles. The highest BCUT2D eigenvalue weighted by atomic mass is 16.8. The van der Waals surface area contributed by atoms with Crippen molar-refractivity contribution in [2.45, 2.75) is 6.54 Å². The maximum Gasteiger partial charge on any atom is 0.412 e. The quantitative estimate of drug-likeness (QED) is 0.556. The summed E-state index contributed by atoms with van der Waals surface area (Å²) in [6, 6.07) is 0. The van der Waals surface area contributed by atoms with Crippen LogP contribution in [0.15, 0.2) is 4.63 Å². The van der Waals surface area contributed by atoms with Crippen LogP contribution in [0.4, 0.5) is 4.79 Å². The number of carbonyl (C=O) groups excluding carboxylic acids is 1. The van der Waals surface area contributed by atoms with Gasteiger partial charge in [0.1, 0.15) is 0 Å². The third kappa shape index (κ3) is 2.06. The molecule has 0 saturated heterocycles. The van der Waals surface area contributed by atoms with Crippen molar-refractivity contribution in [3.05, 3.63) is 10.9 Å². The average Bonchev–Trinajstić information content (AvgIpc) is 2.35. The molecule has 72 valence electrons. The molecule has 0 bridgehead atoms. The molecule has 0 aliphatic rings. The van der Waals surface area contributed by atoms with Gasteiger partial charge in [-0.05, 0) is 12.0 Å². The molecule has 0 radical (unpaired) electrons. The Morgan fingerprint density at radius 2 is 2.62 bits per heavy atom. The van der Waals surface area contributed by atoms with Crippen molar-refractivity contribution in [2.24, 2.45) is 5.73 Å². The molecule has 0 aromatic carbocycles. The Morgan fingerprint density at radius 3 is 3.15 bits per heavy atom. The number of carbonyl (C=O) groups is 1. The minimum Gasteiger partial charge on any atom is -0.366 e. The van der Waals surface area contributed by atoms with Crippen LogP contribution in [0.3, 0.4) is 0 Å². The molecule has 0 aliphatic heterocycles. The van der Waals surface area contributed by atoms with E-state index in [2.05, 4.69) is 19.8 Å². The molecule has 0 unspecified atom stereocenters. The molecule has 0 fully saturated rings. The first-order chi connectivity index (χ1) is 6.15. The summed E-state index contributed by atoms with van der Waals surface area (Å²) in [6.45, 7) is 0.162. The zero-order chi connectivity index (χ0) is 9.84. The highest BCUT2D eigenvalue weighted by Gasteiger charge is 2.21. The lowest BCUT2D eigenvalue weighted by atomic mass is 10.4. The number of aromatic nitrogens is 2. The zero-order valence-electron chi connectivity index (χ0n) is 6.81. The number of nitrogens with two attached hydrogens (primary N) is 1. The summed E-state index contributed by atoms with van der Waals surface area (Å²) in [5.41, 5.74) is 4.78. The number of amides is 1. The molecular formula is C5H8N4O4. The molecule has 1 aromatic heterocycles. The standard InChI is InChI=1S/C5H8N4O4/c1-7-2-3-4(12-5(6)10)8-13-9(3)11/h7H,2H2,1H3,(H2,6,10). The Hall–Kier alpha value is -1.83. The van der Waals surface area contributed by atoms with Crippen LogP contribution in [0.25, 0.3) is 0 Å². The van der Waals surface area contributed by atoms with Crippen molar-refractivity contribution in [1.82, 2.24) is 10.5 Å². The largest absolute Gasteiger partial charge is 0.412 e. The monoisotopic (exact) mass is 188 g/mol. The van der Waals surface area contributed by atoms with E-state index in [-0.39, 0.29) is 23.0 Å². The number of ether oxygens (including phenoxy) is 1. The van der Waals surface area contributed by atoms with Gasteiger partial charge in [0.05, 0.1) is 11.7 Å². The summed E-state index contributed by atoms with van der Waals surface area (Å²) in [4.78, 5) is 10.5. The molecule has 1 aromatic rings. The van der Waals surface area contributed by atoms with Crippen molar-refractivity contribution in [1.29, 1.82) is 0 Å². The first kappa shape index (κ1) is 9.26. The second-order valence-electron chi connectivity index (χ2n) is 2.13. The van der Waals surface area contributed by atoms with E-state index in [4.69, 9.17) is 5.73 Å². The molecule has 3 N–H and O–H groups in total. The lowest BCUT2D eigenvalue weighted by molar-refractivity contribution is -0.808. The number of nitrogens with one attached hydrogen (secondary N) is 1. The van der Waals surface area contributed by atoms with Crippen LogP contribution in [0.1, 0.15) is 5.69 Å². The van der Waals surface area contributed by atoms with Crippen LogP contribution in [0.5, 0.6) is 5.88 Å². The molecule has 0 atom stereocenters. The van der Waals surface area contributed by atoms with Crippen molar-refractivity contribution >= 4 is 6.09 Å². The molecule has 13 heavy (non-hydrogen) atoms. The van der Waals surface area contributed by atoms with Crippen LogP contribution in [-0.2, 0) is 6.54 Å². The van der Waals surface area contributed by atoms with Gasteiger partial charge in [-0.3, -0.25) is 4.63 Å². The van der Waals surface area contributed by atoms with Crippen molar-refractivity contribution in [3.8, 4) is 5.88 Å². The minimum atomic E-state index is -1.05. The van der Waals surface area contributed by atoms with Crippen molar-refractivity contribution < 1.29 is 19.1 Å². The second kappa shape index (κ2) is 3.72. The van der Waals surface area contributed by atoms with Gasteiger partial charge in [0.15, 0.2) is 0 Å². The van der Waals surface area contributed by atoms with Gasteiger partial charge in [-0.25, -0.2) is 4.79 Å². The molecule has 1 heterocycles. The van der Waals surface area contributed by atoms with E-state index in [1.54, 1.807) is 7.05 Å². The van der Waals surface area contributed by atoms with Crippen LogP contribution in [-0.4, -0.2) is 18.3 Å². The van der Waals surface area contributed by atoms with Gasteiger partial charge < -0.3 is 21.0 Å². The fourth-order valence-corrected chi connectivity index (χ4v) is 0.735. The number of hydrogen-bond acceptors (Lipinski definition) is 6. The Bertz CT molecular complexity index is 309. The minimum absolute atomic E-state index is 0.0568. The summed E-state index contributed by atoms with van der Waals surface area (Å²) < 4.78 is 8.58. The Balaban J connectivity index is 2.86. The predicted octanol–water partition coefficient (Wildman–Crippen LogP) is -1.52. The highest BCUT2D eigenvalue weighted by molar-refractivity contribution is 5.67. The summed E-state index contributed by atoms with van der Waals surface area (Å²) in [7, 11) is 1.61. The molecule has 8 nitrogen and oxygen atoms in total. The fourth-order valence-electron chi connectivity index (χ4n) is 0.735. The maximum atomic E-state index is 10.8. The van der Waals surface area contributed by atoms with E-state index in [9.17, 15) is 10.0 Å². The van der Waals surface area contributed by atoms with Crippen LogP contribution in [0.2, 0.25) is 0 Å². The van der Waals surface area contributed by atoms with E-state index in [1.807, 2.05) is 0 Å². The number of hydrogen-bond donors (Lipinski definition) is 2. The summed E-state index contributed by atoms with van der Waals surface area (Å²) >= 11 is 0. The molecule has 1 rings (SSSR count). The third-order valence-corrected chi connectivity index (χ3v) is 1.21. The highest BCUT2D eigenvalue weighted by Crippen LogP contribution is 2.09. The molecule has 1 amide bonds. The Morgan fingerprint density at radius 1 is 1.92 bits per heavy atom.